The quantitative estimate of drug-likeness (QED) is 0.304. The van der Waals surface area contributed by atoms with Crippen LogP contribution in [0, 0.1) is 0 Å². The summed E-state index contributed by atoms with van der Waals surface area (Å²) >= 11 is 9.87. The molecule has 1 amide bonds. The molecule has 8 nitrogen and oxygen atoms in total. The van der Waals surface area contributed by atoms with E-state index < -0.39 is 0 Å². The fraction of sp³-hybridized carbons (Fsp3) is 0.238. The third-order valence-corrected chi connectivity index (χ3v) is 5.20. The van der Waals surface area contributed by atoms with Gasteiger partial charge >= 0.3 is 0 Å². The average molecular weight is 507 g/mol. The first kappa shape index (κ1) is 23.2. The van der Waals surface area contributed by atoms with Gasteiger partial charge in [0.1, 0.15) is 0 Å². The molecule has 0 atom stereocenters. The van der Waals surface area contributed by atoms with Crippen LogP contribution in [0.25, 0.3) is 22.2 Å². The van der Waals surface area contributed by atoms with E-state index in [0.717, 1.165) is 15.4 Å². The molecule has 0 bridgehead atoms. The lowest BCUT2D eigenvalue weighted by molar-refractivity contribution is -0.122. The van der Waals surface area contributed by atoms with Gasteiger partial charge < -0.3 is 10.2 Å². The van der Waals surface area contributed by atoms with E-state index in [4.69, 9.17) is 21.8 Å². The molecule has 0 spiro atoms. The summed E-state index contributed by atoms with van der Waals surface area (Å²) in [7, 11) is 0. The van der Waals surface area contributed by atoms with Crippen LogP contribution in [0.5, 0.6) is 0 Å². The summed E-state index contributed by atoms with van der Waals surface area (Å²) in [5, 5.41) is 23.4. The van der Waals surface area contributed by atoms with E-state index in [1.54, 1.807) is 11.0 Å². The molecule has 0 aliphatic rings. The lowest BCUT2D eigenvalue weighted by atomic mass is 10.1. The Morgan fingerprint density at radius 2 is 1.90 bits per heavy atom. The Morgan fingerprint density at radius 3 is 2.61 bits per heavy atom. The first-order valence-corrected chi connectivity index (χ1v) is 10.7. The Balaban J connectivity index is 1.85. The molecular formula is C21H21BrClN5O3. The Hall–Kier alpha value is -2.43. The van der Waals surface area contributed by atoms with Gasteiger partial charge in [0.05, 0.1) is 37.2 Å². The monoisotopic (exact) mass is 505 g/mol. The van der Waals surface area contributed by atoms with Crippen LogP contribution in [0.2, 0.25) is 5.02 Å². The zero-order valence-electron chi connectivity index (χ0n) is 16.5. The maximum absolute atomic E-state index is 12.1. The Bertz CT molecular complexity index is 1090. The van der Waals surface area contributed by atoms with Crippen molar-refractivity contribution in [2.24, 2.45) is 5.10 Å². The minimum Gasteiger partial charge on any atom is -0.395 e. The zero-order valence-corrected chi connectivity index (χ0v) is 18.8. The molecule has 3 rings (SSSR count). The van der Waals surface area contributed by atoms with Crippen molar-refractivity contribution in [2.45, 2.75) is 0 Å². The number of rotatable bonds is 9. The van der Waals surface area contributed by atoms with Crippen molar-refractivity contribution in [1.82, 2.24) is 20.3 Å². The van der Waals surface area contributed by atoms with Gasteiger partial charge in [0, 0.05) is 33.5 Å². The van der Waals surface area contributed by atoms with Gasteiger partial charge in [-0.3, -0.25) is 9.69 Å². The number of fused-ring (bicyclic) bond motifs is 1. The van der Waals surface area contributed by atoms with Crippen LogP contribution in [0.3, 0.4) is 0 Å². The molecule has 1 heterocycles. The molecule has 31 heavy (non-hydrogen) atoms. The number of hydrogen-bond donors (Lipinski definition) is 3. The summed E-state index contributed by atoms with van der Waals surface area (Å²) in [6.07, 6.45) is 1.36. The fourth-order valence-electron chi connectivity index (χ4n) is 2.99. The molecule has 3 N–H and O–H groups in total. The van der Waals surface area contributed by atoms with Gasteiger partial charge in [-0.15, -0.1) is 0 Å². The number of benzene rings is 2. The zero-order chi connectivity index (χ0) is 22.2. The van der Waals surface area contributed by atoms with Crippen molar-refractivity contribution in [3.63, 3.8) is 0 Å². The minimum atomic E-state index is -0.380. The second-order valence-electron chi connectivity index (χ2n) is 6.59. The Kier molecular flexibility index (Phi) is 8.44. The van der Waals surface area contributed by atoms with Gasteiger partial charge in [-0.1, -0.05) is 45.7 Å². The molecule has 2 aromatic carbocycles. The van der Waals surface area contributed by atoms with Crippen LogP contribution in [0.15, 0.2) is 52.0 Å². The second-order valence-corrected chi connectivity index (χ2v) is 7.91. The lowest BCUT2D eigenvalue weighted by Crippen LogP contribution is -2.38. The molecule has 0 radical (unpaired) electrons. The van der Waals surface area contributed by atoms with Crippen LogP contribution >= 0.6 is 27.5 Å². The van der Waals surface area contributed by atoms with Crippen molar-refractivity contribution in [2.75, 3.05) is 32.8 Å². The molecular weight excluding hydrogens is 486 g/mol. The van der Waals surface area contributed by atoms with E-state index in [1.807, 2.05) is 36.4 Å². The van der Waals surface area contributed by atoms with E-state index in [2.05, 4.69) is 36.4 Å². The molecule has 1 aromatic heterocycles. The molecule has 0 aliphatic heterocycles. The number of nitrogens with zero attached hydrogens (tertiary/aromatic N) is 4. The van der Waals surface area contributed by atoms with E-state index in [9.17, 15) is 4.79 Å². The van der Waals surface area contributed by atoms with E-state index in [-0.39, 0.29) is 38.8 Å². The van der Waals surface area contributed by atoms with Crippen LogP contribution in [-0.4, -0.2) is 70.1 Å². The first-order chi connectivity index (χ1) is 15.0. The van der Waals surface area contributed by atoms with Crippen molar-refractivity contribution < 1.29 is 15.0 Å². The number of carbonyl (C=O) groups excluding carboxylic acids is 1. The van der Waals surface area contributed by atoms with Gasteiger partial charge in [-0.05, 0) is 24.3 Å². The largest absolute Gasteiger partial charge is 0.395 e. The smallest absolute Gasteiger partial charge is 0.254 e. The van der Waals surface area contributed by atoms with Gasteiger partial charge in [-0.2, -0.15) is 5.10 Å². The fourth-order valence-corrected chi connectivity index (χ4v) is 3.57. The van der Waals surface area contributed by atoms with E-state index in [0.29, 0.717) is 22.1 Å². The van der Waals surface area contributed by atoms with Crippen molar-refractivity contribution in [1.29, 1.82) is 0 Å². The van der Waals surface area contributed by atoms with Gasteiger partial charge in [-0.25, -0.2) is 15.4 Å². The number of aliphatic hydroxyl groups excluding tert-OH is 2. The molecule has 0 fully saturated rings. The first-order valence-electron chi connectivity index (χ1n) is 9.50. The molecule has 0 unspecified atom stereocenters. The highest BCUT2D eigenvalue weighted by Gasteiger charge is 2.13. The number of hydrazone groups is 1. The summed E-state index contributed by atoms with van der Waals surface area (Å²) in [6.45, 7) is 0.339. The lowest BCUT2D eigenvalue weighted by Gasteiger charge is -2.18. The van der Waals surface area contributed by atoms with Crippen LogP contribution in [0.1, 0.15) is 5.82 Å². The highest BCUT2D eigenvalue weighted by Crippen LogP contribution is 2.32. The number of amides is 1. The molecule has 0 saturated carbocycles. The number of nitrogens with one attached hydrogen (secondary N) is 1. The number of aliphatic hydroxyl groups is 2. The van der Waals surface area contributed by atoms with Crippen molar-refractivity contribution in [3.05, 3.63) is 57.8 Å². The maximum atomic E-state index is 12.1. The molecule has 10 heteroatoms. The minimum absolute atomic E-state index is 0.00403. The summed E-state index contributed by atoms with van der Waals surface area (Å²) < 4.78 is 0.890. The molecule has 0 aliphatic carbocycles. The summed E-state index contributed by atoms with van der Waals surface area (Å²) in [4.78, 5) is 22.8. The molecule has 162 valence electrons. The van der Waals surface area contributed by atoms with Crippen LogP contribution < -0.4 is 5.43 Å². The maximum Gasteiger partial charge on any atom is 0.254 e. The molecule has 3 aromatic rings. The highest BCUT2D eigenvalue weighted by atomic mass is 79.9. The van der Waals surface area contributed by atoms with Crippen LogP contribution in [0.4, 0.5) is 0 Å². The number of halogens is 2. The van der Waals surface area contributed by atoms with Gasteiger partial charge in [0.15, 0.2) is 5.82 Å². The number of carbonyl (C=O) groups is 1. The third-order valence-electron chi connectivity index (χ3n) is 4.37. The second kappa shape index (κ2) is 11.3. The summed E-state index contributed by atoms with van der Waals surface area (Å²) in [5.41, 5.74) is 4.54. The van der Waals surface area contributed by atoms with Crippen molar-refractivity contribution in [3.8, 4) is 11.3 Å². The SMILES string of the molecule is O=C(CN(CCO)CCO)N/N=C/c1nc(-c2ccccc2Cl)c2cc(Br)ccc2n1. The van der Waals surface area contributed by atoms with Crippen LogP contribution in [-0.2, 0) is 4.79 Å². The normalized spacial score (nSPS) is 11.5. The molecule has 0 saturated heterocycles. The van der Waals surface area contributed by atoms with Gasteiger partial charge in [0.2, 0.25) is 0 Å². The standard InChI is InChI=1S/C21H21BrClN5O3/c22-14-5-6-18-16(11-14)21(15-3-1-2-4-17(15)23)26-19(25-18)12-24-27-20(31)13-28(7-9-29)8-10-30/h1-6,11-12,29-30H,7-10,13H2,(H,27,31)/b24-12+. The predicted octanol–water partition coefficient (Wildman–Crippen LogP) is 2.45. The summed E-state index contributed by atoms with van der Waals surface area (Å²) in [5.74, 6) is -0.0678. The highest BCUT2D eigenvalue weighted by molar-refractivity contribution is 9.10. The Morgan fingerprint density at radius 1 is 1.16 bits per heavy atom. The number of hydrogen-bond acceptors (Lipinski definition) is 7. The van der Waals surface area contributed by atoms with E-state index in [1.165, 1.54) is 6.21 Å². The number of aromatic nitrogens is 2. The summed E-state index contributed by atoms with van der Waals surface area (Å²) in [6, 6.07) is 13.1. The predicted molar refractivity (Wildman–Crippen MR) is 124 cm³/mol. The average Bonchev–Trinajstić information content (AvgIpc) is 2.74. The third kappa shape index (κ3) is 6.28. The topological polar surface area (TPSA) is 111 Å². The van der Waals surface area contributed by atoms with Crippen molar-refractivity contribution >= 4 is 50.6 Å². The Labute approximate surface area is 192 Å². The van der Waals surface area contributed by atoms with E-state index >= 15 is 0 Å². The van der Waals surface area contributed by atoms with Gasteiger partial charge in [0.25, 0.3) is 5.91 Å².